The molecule has 0 aliphatic carbocycles. The van der Waals surface area contributed by atoms with E-state index in [0.29, 0.717) is 24.3 Å². The van der Waals surface area contributed by atoms with Crippen LogP contribution in [0, 0.1) is 20.2 Å². The van der Waals surface area contributed by atoms with Crippen molar-refractivity contribution in [3.63, 3.8) is 0 Å². The molecule has 2 unspecified atom stereocenters. The molecule has 0 aromatic heterocycles. The standard InChI is InChI=1S/C36H30Cl2F6N4O9/c1-5-45-33(49)17(3)55-31-25(47(51)52)11-13-27(29(31)21-9-7-19(15-23(21)37)35(39,40)41)57-28-14-12-26(48(53)54)32(56-18(4)34(50)46-6-2)30(28)22-10-8-20(16-24(22)38)36(42,43)44/h7-18H,5-6H2,1-4H3,(H,45,49)(H,46,50). The number of nitro benzene ring substituents is 2. The molecule has 304 valence electrons. The summed E-state index contributed by atoms with van der Waals surface area (Å²) >= 11 is 12.8. The second-order valence-corrected chi connectivity index (χ2v) is 12.7. The Morgan fingerprint density at radius 3 is 1.30 bits per heavy atom. The van der Waals surface area contributed by atoms with Crippen molar-refractivity contribution in [1.29, 1.82) is 0 Å². The summed E-state index contributed by atoms with van der Waals surface area (Å²) in [6, 6.07) is 7.63. The normalized spacial score (nSPS) is 12.6. The zero-order chi connectivity index (χ0) is 42.6. The zero-order valence-electron chi connectivity index (χ0n) is 29.9. The highest BCUT2D eigenvalue weighted by Gasteiger charge is 2.36. The first-order valence-corrected chi connectivity index (χ1v) is 17.3. The number of rotatable bonds is 14. The molecular weight excluding hydrogens is 817 g/mol. The van der Waals surface area contributed by atoms with Gasteiger partial charge in [0.05, 0.1) is 32.1 Å². The van der Waals surface area contributed by atoms with Gasteiger partial charge < -0.3 is 24.8 Å². The maximum atomic E-state index is 13.7. The Bertz CT molecular complexity index is 2070. The number of benzene rings is 4. The van der Waals surface area contributed by atoms with Crippen LogP contribution in [-0.4, -0.2) is 47.0 Å². The number of nitro groups is 2. The van der Waals surface area contributed by atoms with Crippen LogP contribution >= 0.6 is 23.2 Å². The van der Waals surface area contributed by atoms with Gasteiger partial charge in [-0.2, -0.15) is 26.3 Å². The summed E-state index contributed by atoms with van der Waals surface area (Å²) in [4.78, 5) is 48.3. The van der Waals surface area contributed by atoms with Crippen molar-refractivity contribution in [2.75, 3.05) is 13.1 Å². The number of nitrogens with one attached hydrogen (secondary N) is 2. The highest BCUT2D eigenvalue weighted by Crippen LogP contribution is 2.53. The quantitative estimate of drug-likeness (QED) is 0.0712. The Hall–Kier alpha value is -5.82. The summed E-state index contributed by atoms with van der Waals surface area (Å²) in [6.07, 6.45) is -12.7. The van der Waals surface area contributed by atoms with Crippen molar-refractivity contribution >= 4 is 46.4 Å². The average molecular weight is 848 g/mol. The molecule has 0 saturated carbocycles. The van der Waals surface area contributed by atoms with Crippen LogP contribution in [0.25, 0.3) is 22.3 Å². The summed E-state index contributed by atoms with van der Waals surface area (Å²) in [5.74, 6) is -3.90. The van der Waals surface area contributed by atoms with Crippen LogP contribution < -0.4 is 24.8 Å². The molecule has 2 atom stereocenters. The molecule has 0 spiro atoms. The summed E-state index contributed by atoms with van der Waals surface area (Å²) in [7, 11) is 0. The third-order valence-electron chi connectivity index (χ3n) is 7.97. The molecule has 13 nitrogen and oxygen atoms in total. The number of halogens is 8. The lowest BCUT2D eigenvalue weighted by Crippen LogP contribution is -2.36. The highest BCUT2D eigenvalue weighted by molar-refractivity contribution is 6.34. The molecule has 0 saturated heterocycles. The van der Waals surface area contributed by atoms with E-state index in [1.807, 2.05) is 0 Å². The van der Waals surface area contributed by atoms with Crippen LogP contribution in [0.1, 0.15) is 38.8 Å². The molecule has 57 heavy (non-hydrogen) atoms. The fourth-order valence-corrected chi connectivity index (χ4v) is 5.87. The third kappa shape index (κ3) is 9.95. The molecule has 4 aromatic rings. The number of carbonyl (C=O) groups is 2. The molecule has 4 aromatic carbocycles. The van der Waals surface area contributed by atoms with E-state index in [2.05, 4.69) is 10.6 Å². The van der Waals surface area contributed by atoms with Crippen LogP contribution in [-0.2, 0) is 21.9 Å². The van der Waals surface area contributed by atoms with Gasteiger partial charge in [-0.1, -0.05) is 35.3 Å². The second-order valence-electron chi connectivity index (χ2n) is 11.9. The second kappa shape index (κ2) is 17.5. The maximum absolute atomic E-state index is 13.7. The molecular formula is C36H30Cl2F6N4O9. The Balaban J connectivity index is 2.13. The number of carbonyl (C=O) groups excluding carboxylic acids is 2. The molecule has 0 bridgehead atoms. The Labute approximate surface area is 329 Å². The van der Waals surface area contributed by atoms with Crippen molar-refractivity contribution in [2.24, 2.45) is 0 Å². The van der Waals surface area contributed by atoms with Crippen LogP contribution in [0.4, 0.5) is 37.7 Å². The molecule has 21 heteroatoms. The Morgan fingerprint density at radius 2 is 1.02 bits per heavy atom. The number of alkyl halides is 6. The first kappa shape index (κ1) is 43.9. The average Bonchev–Trinajstić information content (AvgIpc) is 3.11. The summed E-state index contributed by atoms with van der Waals surface area (Å²) in [6.45, 7) is 5.84. The highest BCUT2D eigenvalue weighted by atomic mass is 35.5. The smallest absolute Gasteiger partial charge is 0.416 e. The van der Waals surface area contributed by atoms with Gasteiger partial charge in [0, 0.05) is 46.4 Å². The fourth-order valence-electron chi connectivity index (χ4n) is 5.32. The van der Waals surface area contributed by atoms with E-state index in [4.69, 9.17) is 37.4 Å². The van der Waals surface area contributed by atoms with Gasteiger partial charge in [0.1, 0.15) is 11.5 Å². The van der Waals surface area contributed by atoms with Gasteiger partial charge in [-0.25, -0.2) is 0 Å². The first-order valence-electron chi connectivity index (χ1n) is 16.5. The van der Waals surface area contributed by atoms with Gasteiger partial charge in [-0.15, -0.1) is 0 Å². The van der Waals surface area contributed by atoms with Crippen LogP contribution in [0.15, 0.2) is 60.7 Å². The van der Waals surface area contributed by atoms with Crippen molar-refractivity contribution < 1.29 is 60.0 Å². The van der Waals surface area contributed by atoms with Crippen LogP contribution in [0.2, 0.25) is 10.0 Å². The van der Waals surface area contributed by atoms with Crippen LogP contribution in [0.3, 0.4) is 0 Å². The summed E-state index contributed by atoms with van der Waals surface area (Å²) in [5, 5.41) is 28.4. The lowest BCUT2D eigenvalue weighted by atomic mass is 9.99. The van der Waals surface area contributed by atoms with Gasteiger partial charge in [0.25, 0.3) is 11.8 Å². The summed E-state index contributed by atoms with van der Waals surface area (Å²) in [5.41, 5.74) is -5.70. The minimum absolute atomic E-state index is 0.119. The molecule has 0 aliphatic heterocycles. The molecule has 4 rings (SSSR count). The minimum Gasteiger partial charge on any atom is -0.473 e. The molecule has 0 aliphatic rings. The van der Waals surface area contributed by atoms with E-state index >= 15 is 0 Å². The van der Waals surface area contributed by atoms with E-state index in [0.717, 1.165) is 36.4 Å². The summed E-state index contributed by atoms with van der Waals surface area (Å²) < 4.78 is 99.9. The molecule has 0 radical (unpaired) electrons. The van der Waals surface area contributed by atoms with Gasteiger partial charge >= 0.3 is 23.7 Å². The molecule has 2 N–H and O–H groups in total. The largest absolute Gasteiger partial charge is 0.473 e. The number of hydrogen-bond donors (Lipinski definition) is 2. The van der Waals surface area contributed by atoms with E-state index in [-0.39, 0.29) is 24.2 Å². The van der Waals surface area contributed by atoms with E-state index in [1.165, 1.54) is 13.8 Å². The van der Waals surface area contributed by atoms with Gasteiger partial charge in [-0.05, 0) is 64.1 Å². The lowest BCUT2D eigenvalue weighted by Gasteiger charge is -2.23. The van der Waals surface area contributed by atoms with E-state index in [9.17, 15) is 56.2 Å². The number of amides is 2. The molecule has 0 heterocycles. The number of likely N-dealkylation sites (N-methyl/N-ethyl adjacent to an activating group) is 2. The van der Waals surface area contributed by atoms with E-state index in [1.54, 1.807) is 13.8 Å². The number of hydrogen-bond acceptors (Lipinski definition) is 9. The predicted octanol–water partition coefficient (Wildman–Crippen LogP) is 9.78. The first-order chi connectivity index (χ1) is 26.6. The van der Waals surface area contributed by atoms with E-state index < -0.39 is 113 Å². The van der Waals surface area contributed by atoms with Gasteiger partial charge in [-0.3, -0.25) is 29.8 Å². The molecule has 2 amide bonds. The topological polar surface area (TPSA) is 172 Å². The Kier molecular flexibility index (Phi) is 13.5. The number of nitrogens with zero attached hydrogens (tertiary/aromatic N) is 2. The SMILES string of the molecule is CCNC(=O)C(C)Oc1c([N+](=O)[O-])ccc(Oc2ccc([N+](=O)[O-])c(OC(C)C(=O)NCC)c2-c2ccc(C(F)(F)F)cc2Cl)c1-c1ccc(C(F)(F)F)cc1Cl. The maximum Gasteiger partial charge on any atom is 0.416 e. The van der Waals surface area contributed by atoms with Crippen LogP contribution in [0.5, 0.6) is 23.0 Å². The minimum atomic E-state index is -4.88. The van der Waals surface area contributed by atoms with Crippen molar-refractivity contribution in [2.45, 2.75) is 52.3 Å². The van der Waals surface area contributed by atoms with Crippen molar-refractivity contribution in [3.05, 3.63) is 102 Å². The zero-order valence-corrected chi connectivity index (χ0v) is 31.4. The third-order valence-corrected chi connectivity index (χ3v) is 8.60. The van der Waals surface area contributed by atoms with Crippen molar-refractivity contribution in [1.82, 2.24) is 10.6 Å². The predicted molar refractivity (Wildman–Crippen MR) is 195 cm³/mol. The van der Waals surface area contributed by atoms with Gasteiger partial charge in [0.15, 0.2) is 12.2 Å². The van der Waals surface area contributed by atoms with Gasteiger partial charge in [0.2, 0.25) is 11.5 Å². The Morgan fingerprint density at radius 1 is 0.667 bits per heavy atom. The molecule has 0 fully saturated rings. The monoisotopic (exact) mass is 846 g/mol. The number of ether oxygens (including phenoxy) is 3. The lowest BCUT2D eigenvalue weighted by molar-refractivity contribution is -0.386. The van der Waals surface area contributed by atoms with Crippen molar-refractivity contribution in [3.8, 4) is 45.3 Å². The fraction of sp³-hybridized carbons (Fsp3) is 0.278.